The number of carbonyl (C=O) groups excluding carboxylic acids is 2. The van der Waals surface area contributed by atoms with E-state index in [2.05, 4.69) is 58.5 Å². The van der Waals surface area contributed by atoms with E-state index in [1.165, 1.54) is 5.56 Å². The van der Waals surface area contributed by atoms with Crippen molar-refractivity contribution in [3.8, 4) is 5.82 Å². The van der Waals surface area contributed by atoms with Crippen LogP contribution in [0.25, 0.3) is 11.4 Å². The zero-order valence-electron chi connectivity index (χ0n) is 22.8. The molecule has 6 nitrogen and oxygen atoms in total. The highest BCUT2D eigenvalue weighted by molar-refractivity contribution is 6.09. The molecule has 6 heteroatoms. The maximum atomic E-state index is 13.2. The summed E-state index contributed by atoms with van der Waals surface area (Å²) in [5.74, 6) is 0.604. The highest BCUT2D eigenvalue weighted by Gasteiger charge is 2.20. The largest absolute Gasteiger partial charge is 0.326 e. The quantitative estimate of drug-likeness (QED) is 0.278. The van der Waals surface area contributed by atoms with Gasteiger partial charge in [0, 0.05) is 28.3 Å². The van der Waals surface area contributed by atoms with Gasteiger partial charge in [0.1, 0.15) is 5.82 Å². The average molecular weight is 519 g/mol. The van der Waals surface area contributed by atoms with Gasteiger partial charge in [0.05, 0.1) is 12.1 Å². The van der Waals surface area contributed by atoms with Crippen molar-refractivity contribution in [1.29, 1.82) is 0 Å². The molecule has 0 bridgehead atoms. The summed E-state index contributed by atoms with van der Waals surface area (Å²) in [6.45, 7) is 6.14. The Balaban J connectivity index is 1.22. The van der Waals surface area contributed by atoms with Crippen molar-refractivity contribution in [3.05, 3.63) is 113 Å². The Kier molecular flexibility index (Phi) is 7.73. The smallest absolute Gasteiger partial charge is 0.251 e. The fourth-order valence-electron chi connectivity index (χ4n) is 5.16. The van der Waals surface area contributed by atoms with E-state index in [0.29, 0.717) is 17.1 Å². The maximum Gasteiger partial charge on any atom is 0.251 e. The Bertz CT molecular complexity index is 1510. The number of anilines is 2. The fourth-order valence-corrected chi connectivity index (χ4v) is 5.16. The van der Waals surface area contributed by atoms with Crippen molar-refractivity contribution in [2.75, 3.05) is 10.6 Å². The maximum absolute atomic E-state index is 13.2. The molecular formula is C33H34N4O2. The predicted molar refractivity (Wildman–Crippen MR) is 157 cm³/mol. The molecule has 0 aliphatic heterocycles. The molecule has 2 amide bonds. The molecule has 0 saturated carbocycles. The number of carbonyl (C=O) groups is 2. The number of hydrogen-bond donors (Lipinski definition) is 2. The number of aromatic nitrogens is 2. The third-order valence-electron chi connectivity index (χ3n) is 7.20. The van der Waals surface area contributed by atoms with E-state index >= 15 is 0 Å². The fraction of sp³-hybridized carbons (Fsp3) is 0.242. The molecule has 5 rings (SSSR count). The molecule has 39 heavy (non-hydrogen) atoms. The number of pyridine rings is 1. The highest BCUT2D eigenvalue weighted by Crippen LogP contribution is 2.33. The summed E-state index contributed by atoms with van der Waals surface area (Å²) >= 11 is 0. The zero-order chi connectivity index (χ0) is 27.4. The summed E-state index contributed by atoms with van der Waals surface area (Å²) in [6, 6.07) is 25.5. The first kappa shape index (κ1) is 26.2. The first-order valence-electron chi connectivity index (χ1n) is 13.5. The molecule has 0 unspecified atom stereocenters. The number of amides is 2. The lowest BCUT2D eigenvalue weighted by atomic mass is 9.86. The number of hydrogen-bond acceptors (Lipinski definition) is 3. The van der Waals surface area contributed by atoms with Gasteiger partial charge in [-0.3, -0.25) is 9.59 Å². The minimum Gasteiger partial charge on any atom is -0.326 e. The number of nitrogens with zero attached hydrogens (tertiary/aromatic N) is 2. The van der Waals surface area contributed by atoms with Crippen LogP contribution in [0.4, 0.5) is 11.4 Å². The second-order valence-electron chi connectivity index (χ2n) is 10.2. The average Bonchev–Trinajstić information content (AvgIpc) is 3.28. The van der Waals surface area contributed by atoms with E-state index in [-0.39, 0.29) is 18.2 Å². The lowest BCUT2D eigenvalue weighted by molar-refractivity contribution is -0.115. The zero-order valence-corrected chi connectivity index (χ0v) is 22.8. The summed E-state index contributed by atoms with van der Waals surface area (Å²) in [6.07, 6.45) is 3.98. The normalized spacial score (nSPS) is 13.3. The molecule has 198 valence electrons. The van der Waals surface area contributed by atoms with E-state index in [1.54, 1.807) is 12.1 Å². The van der Waals surface area contributed by atoms with Crippen molar-refractivity contribution in [2.24, 2.45) is 0 Å². The molecule has 0 atom stereocenters. The van der Waals surface area contributed by atoms with Crippen LogP contribution in [0, 0.1) is 20.8 Å². The van der Waals surface area contributed by atoms with Crippen LogP contribution >= 0.6 is 0 Å². The molecule has 0 saturated heterocycles. The molecule has 2 aromatic heterocycles. The number of nitrogens with one attached hydrogen (secondary N) is 2. The summed E-state index contributed by atoms with van der Waals surface area (Å²) < 4.78 is 2.07. The van der Waals surface area contributed by atoms with Gasteiger partial charge in [0.15, 0.2) is 0 Å². The number of benzene rings is 2. The monoisotopic (exact) mass is 518 g/mol. The van der Waals surface area contributed by atoms with Gasteiger partial charge in [0.2, 0.25) is 5.91 Å². The number of rotatable bonds is 7. The van der Waals surface area contributed by atoms with Gasteiger partial charge in [0.25, 0.3) is 5.91 Å². The van der Waals surface area contributed by atoms with Crippen LogP contribution in [0.2, 0.25) is 0 Å². The van der Waals surface area contributed by atoms with Crippen LogP contribution in [0.3, 0.4) is 0 Å². The molecular weight excluding hydrogens is 484 g/mol. The molecule has 1 aliphatic rings. The summed E-state index contributed by atoms with van der Waals surface area (Å²) in [5.41, 5.74) is 8.60. The van der Waals surface area contributed by atoms with Gasteiger partial charge in [-0.1, -0.05) is 35.9 Å². The SMILES string of the molecule is Cc1ccc(C2=C(C(=O)Nc3ccc(NC(=O)Cc4cccc(-n5c(C)ccc5C)n4)cc3)CCCC2)cc1. The van der Waals surface area contributed by atoms with E-state index in [4.69, 9.17) is 4.98 Å². The van der Waals surface area contributed by atoms with Crippen molar-refractivity contribution in [2.45, 2.75) is 52.9 Å². The Morgan fingerprint density at radius 2 is 1.41 bits per heavy atom. The van der Waals surface area contributed by atoms with Gasteiger partial charge >= 0.3 is 0 Å². The van der Waals surface area contributed by atoms with E-state index in [9.17, 15) is 9.59 Å². The summed E-state index contributed by atoms with van der Waals surface area (Å²) in [7, 11) is 0. The Morgan fingerprint density at radius 3 is 2.10 bits per heavy atom. The molecule has 0 radical (unpaired) electrons. The first-order valence-corrected chi connectivity index (χ1v) is 13.5. The van der Waals surface area contributed by atoms with E-state index < -0.39 is 0 Å². The lowest BCUT2D eigenvalue weighted by Crippen LogP contribution is -2.18. The van der Waals surface area contributed by atoms with Gasteiger partial charge in [-0.2, -0.15) is 0 Å². The third kappa shape index (κ3) is 6.17. The van der Waals surface area contributed by atoms with Crippen LogP contribution in [0.5, 0.6) is 0 Å². The first-order chi connectivity index (χ1) is 18.9. The second kappa shape index (κ2) is 11.5. The van der Waals surface area contributed by atoms with Crippen molar-refractivity contribution in [1.82, 2.24) is 9.55 Å². The standard InChI is InChI=1S/C33H34N4O2/c1-22-11-15-25(16-12-22)29-8-4-5-9-30(29)33(39)36-27-19-17-26(18-20-27)35-32(38)21-28-7-6-10-31(34-28)37-23(2)13-14-24(37)3/h6-7,10-20H,4-5,8-9,21H2,1-3H3,(H,35,38)(H,36,39). The topological polar surface area (TPSA) is 76.0 Å². The van der Waals surface area contributed by atoms with Crippen LogP contribution in [0.15, 0.2) is 84.4 Å². The number of aryl methyl sites for hydroxylation is 3. The second-order valence-corrected chi connectivity index (χ2v) is 10.2. The van der Waals surface area contributed by atoms with E-state index in [1.807, 2.05) is 44.2 Å². The molecule has 2 N–H and O–H groups in total. The van der Waals surface area contributed by atoms with Crippen LogP contribution in [-0.4, -0.2) is 21.4 Å². The van der Waals surface area contributed by atoms with Gasteiger partial charge < -0.3 is 15.2 Å². The minimum absolute atomic E-state index is 0.0545. The molecule has 0 fully saturated rings. The van der Waals surface area contributed by atoms with Crippen LogP contribution in [-0.2, 0) is 16.0 Å². The van der Waals surface area contributed by atoms with Crippen LogP contribution in [0.1, 0.15) is 53.9 Å². The molecule has 4 aromatic rings. The summed E-state index contributed by atoms with van der Waals surface area (Å²) in [4.78, 5) is 30.6. The van der Waals surface area contributed by atoms with Crippen molar-refractivity contribution < 1.29 is 9.59 Å². The highest BCUT2D eigenvalue weighted by atomic mass is 16.2. The molecule has 0 spiro atoms. The summed E-state index contributed by atoms with van der Waals surface area (Å²) in [5, 5.41) is 5.99. The van der Waals surface area contributed by atoms with E-state index in [0.717, 1.165) is 59.6 Å². The Hall–Kier alpha value is -4.45. The molecule has 2 aromatic carbocycles. The van der Waals surface area contributed by atoms with Crippen molar-refractivity contribution in [3.63, 3.8) is 0 Å². The van der Waals surface area contributed by atoms with Gasteiger partial charge in [-0.05, 0) is 106 Å². The van der Waals surface area contributed by atoms with Gasteiger partial charge in [-0.15, -0.1) is 0 Å². The van der Waals surface area contributed by atoms with Gasteiger partial charge in [-0.25, -0.2) is 4.98 Å². The minimum atomic E-state index is -0.146. The Morgan fingerprint density at radius 1 is 0.769 bits per heavy atom. The van der Waals surface area contributed by atoms with Crippen LogP contribution < -0.4 is 10.6 Å². The predicted octanol–water partition coefficient (Wildman–Crippen LogP) is 6.95. The number of allylic oxidation sites excluding steroid dienone is 1. The molecule has 1 aliphatic carbocycles. The molecule has 2 heterocycles. The Labute approximate surface area is 229 Å². The van der Waals surface area contributed by atoms with Crippen molar-refractivity contribution >= 4 is 28.8 Å². The third-order valence-corrected chi connectivity index (χ3v) is 7.20. The lowest BCUT2D eigenvalue weighted by Gasteiger charge is -2.20.